The smallest absolute Gasteiger partial charge is 0.0701 e. The quantitative estimate of drug-likeness (QED) is 0.526. The Morgan fingerprint density at radius 2 is 0.895 bits per heavy atom. The summed E-state index contributed by atoms with van der Waals surface area (Å²) in [6.45, 7) is 3.31. The van der Waals surface area contributed by atoms with Crippen LogP contribution in [0.1, 0.15) is 0 Å². The van der Waals surface area contributed by atoms with Crippen molar-refractivity contribution in [1.29, 1.82) is 0 Å². The third-order valence-electron chi connectivity index (χ3n) is 1.33. The Bertz CT molecular complexity index is 104. The molecular formula is C12H30O7. The van der Waals surface area contributed by atoms with Crippen molar-refractivity contribution in [1.82, 2.24) is 0 Å². The topological polar surface area (TPSA) is 86.6 Å². The summed E-state index contributed by atoms with van der Waals surface area (Å²) in [5.41, 5.74) is 0. The minimum absolute atomic E-state index is 0.0278. The summed E-state index contributed by atoms with van der Waals surface area (Å²) in [5, 5.41) is 16.2. The van der Waals surface area contributed by atoms with Crippen LogP contribution in [0.4, 0.5) is 0 Å². The summed E-state index contributed by atoms with van der Waals surface area (Å²) >= 11 is 0. The Morgan fingerprint density at radius 1 is 0.579 bits per heavy atom. The molecule has 0 aromatic heterocycles. The first-order valence-electron chi connectivity index (χ1n) is 6.00. The molecule has 0 aromatic rings. The minimum Gasteiger partial charge on any atom is -0.394 e. The molecule has 0 saturated carbocycles. The fourth-order valence-corrected chi connectivity index (χ4v) is 0.618. The standard InChI is InChI=1S/C6H14O3.C4H10O3.C2H6O/c1-7-3-5-9-6-4-8-2;5-1-3-7-4-2-6;1-3-2/h3-6H2,1-2H3;5-6H,1-4H2;1-2H3. The summed E-state index contributed by atoms with van der Waals surface area (Å²) in [6, 6.07) is 0. The van der Waals surface area contributed by atoms with Crippen LogP contribution in [-0.2, 0) is 23.7 Å². The van der Waals surface area contributed by atoms with Crippen LogP contribution in [0.2, 0.25) is 0 Å². The fourth-order valence-electron chi connectivity index (χ4n) is 0.618. The highest BCUT2D eigenvalue weighted by atomic mass is 16.5. The van der Waals surface area contributed by atoms with Gasteiger partial charge in [-0.05, 0) is 0 Å². The average molecular weight is 286 g/mol. The zero-order chi connectivity index (χ0) is 15.2. The maximum atomic E-state index is 8.09. The van der Waals surface area contributed by atoms with Crippen molar-refractivity contribution in [2.75, 3.05) is 81.3 Å². The van der Waals surface area contributed by atoms with Crippen molar-refractivity contribution in [3.05, 3.63) is 0 Å². The number of aliphatic hydroxyl groups is 2. The molecule has 19 heavy (non-hydrogen) atoms. The Hall–Kier alpha value is -0.280. The van der Waals surface area contributed by atoms with Crippen LogP contribution in [0.3, 0.4) is 0 Å². The number of ether oxygens (including phenoxy) is 5. The van der Waals surface area contributed by atoms with Gasteiger partial charge in [0.2, 0.25) is 0 Å². The van der Waals surface area contributed by atoms with Gasteiger partial charge in [0.25, 0.3) is 0 Å². The van der Waals surface area contributed by atoms with E-state index in [1.54, 1.807) is 28.4 Å². The highest BCUT2D eigenvalue weighted by molar-refractivity contribution is 4.28. The number of hydrogen-bond donors (Lipinski definition) is 2. The molecule has 0 unspecified atom stereocenters. The number of methoxy groups -OCH3 is 3. The zero-order valence-corrected chi connectivity index (χ0v) is 12.6. The lowest BCUT2D eigenvalue weighted by molar-refractivity contribution is 0.0385. The van der Waals surface area contributed by atoms with Gasteiger partial charge in [0.15, 0.2) is 0 Å². The van der Waals surface area contributed by atoms with Crippen molar-refractivity contribution < 1.29 is 33.9 Å². The SMILES string of the molecule is COC.COCCOCCOC.OCCOCCO. The molecule has 7 nitrogen and oxygen atoms in total. The molecule has 0 rings (SSSR count). The van der Waals surface area contributed by atoms with Crippen LogP contribution in [-0.4, -0.2) is 91.5 Å². The summed E-state index contributed by atoms with van der Waals surface area (Å²) in [7, 11) is 6.55. The lowest BCUT2D eigenvalue weighted by atomic mass is 10.7. The van der Waals surface area contributed by atoms with E-state index < -0.39 is 0 Å². The van der Waals surface area contributed by atoms with Gasteiger partial charge in [-0.1, -0.05) is 0 Å². The van der Waals surface area contributed by atoms with Crippen molar-refractivity contribution in [2.24, 2.45) is 0 Å². The van der Waals surface area contributed by atoms with E-state index in [2.05, 4.69) is 9.47 Å². The van der Waals surface area contributed by atoms with E-state index in [0.29, 0.717) is 39.6 Å². The van der Waals surface area contributed by atoms with Crippen molar-refractivity contribution >= 4 is 0 Å². The first-order chi connectivity index (χ1) is 9.24. The number of aliphatic hydroxyl groups excluding tert-OH is 2. The van der Waals surface area contributed by atoms with Crippen LogP contribution in [0.15, 0.2) is 0 Å². The van der Waals surface area contributed by atoms with Gasteiger partial charge in [0.05, 0.1) is 52.9 Å². The molecule has 0 spiro atoms. The molecule has 0 fully saturated rings. The highest BCUT2D eigenvalue weighted by Gasteiger charge is 1.84. The van der Waals surface area contributed by atoms with Gasteiger partial charge in [-0.25, -0.2) is 0 Å². The molecule has 0 aliphatic heterocycles. The average Bonchev–Trinajstić information content (AvgIpc) is 2.41. The van der Waals surface area contributed by atoms with Gasteiger partial charge in [-0.3, -0.25) is 0 Å². The van der Waals surface area contributed by atoms with Crippen molar-refractivity contribution in [2.45, 2.75) is 0 Å². The van der Waals surface area contributed by atoms with Crippen LogP contribution >= 0.6 is 0 Å². The lowest BCUT2D eigenvalue weighted by Crippen LogP contribution is -2.06. The van der Waals surface area contributed by atoms with E-state index in [-0.39, 0.29) is 13.2 Å². The molecule has 0 saturated heterocycles. The summed E-state index contributed by atoms with van der Waals surface area (Å²) in [4.78, 5) is 0. The van der Waals surface area contributed by atoms with Crippen molar-refractivity contribution in [3.63, 3.8) is 0 Å². The molecule has 120 valence electrons. The molecular weight excluding hydrogens is 256 g/mol. The van der Waals surface area contributed by atoms with Gasteiger partial charge in [-0.2, -0.15) is 0 Å². The first-order valence-corrected chi connectivity index (χ1v) is 6.00. The molecule has 0 aliphatic rings. The minimum atomic E-state index is 0.0278. The van der Waals surface area contributed by atoms with Gasteiger partial charge >= 0.3 is 0 Å². The number of rotatable bonds is 10. The maximum absolute atomic E-state index is 8.09. The van der Waals surface area contributed by atoms with E-state index in [1.165, 1.54) is 0 Å². The normalized spacial score (nSPS) is 9.16. The summed E-state index contributed by atoms with van der Waals surface area (Å²) in [5.74, 6) is 0. The predicted octanol–water partition coefficient (Wildman–Crippen LogP) is -0.454. The van der Waals surface area contributed by atoms with Crippen LogP contribution in [0.5, 0.6) is 0 Å². The van der Waals surface area contributed by atoms with E-state index >= 15 is 0 Å². The Balaban J connectivity index is -0.000000228. The molecule has 0 amide bonds. The molecule has 0 heterocycles. The largest absolute Gasteiger partial charge is 0.394 e. The number of hydrogen-bond acceptors (Lipinski definition) is 7. The monoisotopic (exact) mass is 286 g/mol. The second-order valence-corrected chi connectivity index (χ2v) is 3.07. The molecule has 0 radical (unpaired) electrons. The van der Waals surface area contributed by atoms with E-state index in [9.17, 15) is 0 Å². The molecule has 0 atom stereocenters. The maximum Gasteiger partial charge on any atom is 0.0701 e. The molecule has 0 aliphatic carbocycles. The molecule has 2 N–H and O–H groups in total. The fraction of sp³-hybridized carbons (Fsp3) is 1.00. The highest BCUT2D eigenvalue weighted by Crippen LogP contribution is 1.75. The lowest BCUT2D eigenvalue weighted by Gasteiger charge is -2.00. The molecule has 0 aromatic carbocycles. The van der Waals surface area contributed by atoms with E-state index in [4.69, 9.17) is 24.4 Å². The molecule has 7 heteroatoms. The van der Waals surface area contributed by atoms with Crippen LogP contribution in [0, 0.1) is 0 Å². The second kappa shape index (κ2) is 30.6. The molecule has 0 bridgehead atoms. The Morgan fingerprint density at radius 3 is 1.16 bits per heavy atom. The Labute approximate surface area is 116 Å². The van der Waals surface area contributed by atoms with Gasteiger partial charge < -0.3 is 33.9 Å². The predicted molar refractivity (Wildman–Crippen MR) is 72.5 cm³/mol. The van der Waals surface area contributed by atoms with E-state index in [1.807, 2.05) is 0 Å². The zero-order valence-electron chi connectivity index (χ0n) is 12.6. The van der Waals surface area contributed by atoms with Gasteiger partial charge in [0.1, 0.15) is 0 Å². The van der Waals surface area contributed by atoms with Crippen LogP contribution < -0.4 is 0 Å². The third-order valence-corrected chi connectivity index (χ3v) is 1.33. The van der Waals surface area contributed by atoms with E-state index in [0.717, 1.165) is 0 Å². The first kappa shape index (κ1) is 23.8. The summed E-state index contributed by atoms with van der Waals surface area (Å²) in [6.07, 6.45) is 0. The van der Waals surface area contributed by atoms with Gasteiger partial charge in [-0.15, -0.1) is 0 Å². The summed E-state index contributed by atoms with van der Waals surface area (Å²) < 4.78 is 23.5. The Kier molecular flexibility index (Phi) is 38.3. The van der Waals surface area contributed by atoms with Crippen LogP contribution in [0.25, 0.3) is 0 Å². The third kappa shape index (κ3) is 46.3. The van der Waals surface area contributed by atoms with Crippen molar-refractivity contribution in [3.8, 4) is 0 Å². The van der Waals surface area contributed by atoms with Gasteiger partial charge in [0, 0.05) is 28.4 Å². The second-order valence-electron chi connectivity index (χ2n) is 3.07.